The Hall–Kier alpha value is -3.60. The maximum absolute atomic E-state index is 11.3. The van der Waals surface area contributed by atoms with Crippen LogP contribution >= 0.6 is 0 Å². The van der Waals surface area contributed by atoms with Crippen molar-refractivity contribution in [3.8, 4) is 22.6 Å². The summed E-state index contributed by atoms with van der Waals surface area (Å²) in [5.74, 6) is -0.156. The van der Waals surface area contributed by atoms with Crippen molar-refractivity contribution < 1.29 is 14.6 Å². The zero-order valence-corrected chi connectivity index (χ0v) is 14.1. The second kappa shape index (κ2) is 6.37. The standard InChI is InChI=1S/C21H16N2O3/c1-26-18-7-3-5-15(11-18)14-4-2-6-17(10-14)23-13-22-19-9-8-16(21(24)25)12-20(19)23/h2-13H,1H3,(H,24,25). The summed E-state index contributed by atoms with van der Waals surface area (Å²) in [5, 5.41) is 9.24. The van der Waals surface area contributed by atoms with Gasteiger partial charge in [0.1, 0.15) is 12.1 Å². The number of hydrogen-bond donors (Lipinski definition) is 1. The van der Waals surface area contributed by atoms with Gasteiger partial charge in [0.15, 0.2) is 0 Å². The third-order valence-electron chi connectivity index (χ3n) is 4.32. The molecule has 0 saturated heterocycles. The number of rotatable bonds is 4. The molecule has 3 aromatic carbocycles. The lowest BCUT2D eigenvalue weighted by Crippen LogP contribution is -1.97. The Balaban J connectivity index is 1.83. The minimum atomic E-state index is -0.954. The maximum Gasteiger partial charge on any atom is 0.335 e. The summed E-state index contributed by atoms with van der Waals surface area (Å²) in [6.45, 7) is 0. The predicted molar refractivity (Wildman–Crippen MR) is 100 cm³/mol. The van der Waals surface area contributed by atoms with Gasteiger partial charge in [0.25, 0.3) is 0 Å². The minimum absolute atomic E-state index is 0.239. The van der Waals surface area contributed by atoms with E-state index >= 15 is 0 Å². The van der Waals surface area contributed by atoms with Crippen LogP contribution in [0.25, 0.3) is 27.8 Å². The van der Waals surface area contributed by atoms with Crippen molar-refractivity contribution in [2.75, 3.05) is 7.11 Å². The molecule has 0 unspecified atom stereocenters. The Morgan fingerprint density at radius 2 is 1.77 bits per heavy atom. The number of nitrogens with zero attached hydrogens (tertiary/aromatic N) is 2. The first kappa shape index (κ1) is 15.9. The maximum atomic E-state index is 11.3. The SMILES string of the molecule is COc1cccc(-c2cccc(-n3cnc4ccc(C(=O)O)cc43)c2)c1. The van der Waals surface area contributed by atoms with Crippen molar-refractivity contribution >= 4 is 17.0 Å². The topological polar surface area (TPSA) is 64.4 Å². The molecule has 26 heavy (non-hydrogen) atoms. The number of fused-ring (bicyclic) bond motifs is 1. The van der Waals surface area contributed by atoms with Gasteiger partial charge in [-0.2, -0.15) is 0 Å². The van der Waals surface area contributed by atoms with E-state index < -0.39 is 5.97 Å². The van der Waals surface area contributed by atoms with Crippen LogP contribution < -0.4 is 4.74 Å². The molecule has 0 saturated carbocycles. The Morgan fingerprint density at radius 3 is 2.54 bits per heavy atom. The molecule has 5 nitrogen and oxygen atoms in total. The first-order chi connectivity index (χ1) is 12.7. The summed E-state index contributed by atoms with van der Waals surface area (Å²) >= 11 is 0. The highest BCUT2D eigenvalue weighted by molar-refractivity contribution is 5.92. The second-order valence-electron chi connectivity index (χ2n) is 5.91. The summed E-state index contributed by atoms with van der Waals surface area (Å²) in [6.07, 6.45) is 1.71. The van der Waals surface area contributed by atoms with Gasteiger partial charge in [-0.3, -0.25) is 4.57 Å². The van der Waals surface area contributed by atoms with Crippen LogP contribution in [0.5, 0.6) is 5.75 Å². The number of ether oxygens (including phenoxy) is 1. The highest BCUT2D eigenvalue weighted by atomic mass is 16.5. The smallest absolute Gasteiger partial charge is 0.335 e. The third-order valence-corrected chi connectivity index (χ3v) is 4.32. The zero-order valence-electron chi connectivity index (χ0n) is 14.1. The molecular formula is C21H16N2O3. The largest absolute Gasteiger partial charge is 0.497 e. The summed E-state index contributed by atoms with van der Waals surface area (Å²) < 4.78 is 7.20. The van der Waals surface area contributed by atoms with Crippen molar-refractivity contribution in [1.29, 1.82) is 0 Å². The molecule has 0 atom stereocenters. The van der Waals surface area contributed by atoms with Crippen LogP contribution in [0.4, 0.5) is 0 Å². The molecule has 4 rings (SSSR count). The Labute approximate surface area is 150 Å². The fourth-order valence-corrected chi connectivity index (χ4v) is 2.98. The Kier molecular flexibility index (Phi) is 3.89. The zero-order chi connectivity index (χ0) is 18.1. The van der Waals surface area contributed by atoms with Gasteiger partial charge in [-0.15, -0.1) is 0 Å². The van der Waals surface area contributed by atoms with E-state index in [2.05, 4.69) is 4.98 Å². The first-order valence-electron chi connectivity index (χ1n) is 8.11. The van der Waals surface area contributed by atoms with Crippen LogP contribution in [0.3, 0.4) is 0 Å². The van der Waals surface area contributed by atoms with Crippen molar-refractivity contribution in [2.24, 2.45) is 0 Å². The molecule has 128 valence electrons. The van der Waals surface area contributed by atoms with Crippen LogP contribution in [-0.2, 0) is 0 Å². The van der Waals surface area contributed by atoms with E-state index in [1.165, 1.54) is 0 Å². The van der Waals surface area contributed by atoms with E-state index in [9.17, 15) is 9.90 Å². The van der Waals surface area contributed by atoms with E-state index in [1.54, 1.807) is 31.6 Å². The second-order valence-corrected chi connectivity index (χ2v) is 5.91. The van der Waals surface area contributed by atoms with Crippen LogP contribution in [0.2, 0.25) is 0 Å². The first-order valence-corrected chi connectivity index (χ1v) is 8.11. The molecule has 4 aromatic rings. The van der Waals surface area contributed by atoms with Crippen LogP contribution in [-0.4, -0.2) is 27.7 Å². The number of aromatic carboxylic acids is 1. The predicted octanol–water partition coefficient (Wildman–Crippen LogP) is 4.40. The monoisotopic (exact) mass is 344 g/mol. The molecule has 1 N–H and O–H groups in total. The van der Waals surface area contributed by atoms with Gasteiger partial charge in [-0.25, -0.2) is 9.78 Å². The number of carbonyl (C=O) groups is 1. The lowest BCUT2D eigenvalue weighted by Gasteiger charge is -2.09. The van der Waals surface area contributed by atoms with Gasteiger partial charge in [-0.1, -0.05) is 24.3 Å². The number of imidazole rings is 1. The lowest BCUT2D eigenvalue weighted by atomic mass is 10.0. The normalized spacial score (nSPS) is 10.8. The van der Waals surface area contributed by atoms with Crippen molar-refractivity contribution in [1.82, 2.24) is 9.55 Å². The quantitative estimate of drug-likeness (QED) is 0.596. The Morgan fingerprint density at radius 1 is 1.00 bits per heavy atom. The van der Waals surface area contributed by atoms with Gasteiger partial charge in [-0.05, 0) is 53.6 Å². The number of carboxylic acid groups (broad SMARTS) is 1. The van der Waals surface area contributed by atoms with Crippen LogP contribution in [0.1, 0.15) is 10.4 Å². The van der Waals surface area contributed by atoms with E-state index in [1.807, 2.05) is 53.1 Å². The fraction of sp³-hybridized carbons (Fsp3) is 0.0476. The molecular weight excluding hydrogens is 328 g/mol. The average Bonchev–Trinajstić information content (AvgIpc) is 3.11. The highest BCUT2D eigenvalue weighted by Crippen LogP contribution is 2.27. The van der Waals surface area contributed by atoms with Crippen molar-refractivity contribution in [2.45, 2.75) is 0 Å². The number of carboxylic acids is 1. The van der Waals surface area contributed by atoms with Crippen molar-refractivity contribution in [3.05, 3.63) is 78.6 Å². The number of benzene rings is 3. The summed E-state index contributed by atoms with van der Waals surface area (Å²) in [4.78, 5) is 15.6. The third kappa shape index (κ3) is 2.80. The molecule has 0 aliphatic carbocycles. The molecule has 1 aromatic heterocycles. The van der Waals surface area contributed by atoms with E-state index in [4.69, 9.17) is 4.74 Å². The molecule has 0 bridgehead atoms. The molecule has 5 heteroatoms. The minimum Gasteiger partial charge on any atom is -0.497 e. The number of hydrogen-bond acceptors (Lipinski definition) is 3. The van der Waals surface area contributed by atoms with Crippen LogP contribution in [0, 0.1) is 0 Å². The number of methoxy groups -OCH3 is 1. The van der Waals surface area contributed by atoms with Gasteiger partial charge < -0.3 is 9.84 Å². The van der Waals surface area contributed by atoms with Crippen molar-refractivity contribution in [3.63, 3.8) is 0 Å². The molecule has 0 spiro atoms. The highest BCUT2D eigenvalue weighted by Gasteiger charge is 2.10. The Bertz CT molecular complexity index is 1120. The fourth-order valence-electron chi connectivity index (χ4n) is 2.98. The number of aromatic nitrogens is 2. The van der Waals surface area contributed by atoms with E-state index in [0.717, 1.165) is 33.6 Å². The van der Waals surface area contributed by atoms with E-state index in [-0.39, 0.29) is 5.56 Å². The van der Waals surface area contributed by atoms with Gasteiger partial charge in [0.2, 0.25) is 0 Å². The molecule has 0 aliphatic heterocycles. The summed E-state index contributed by atoms with van der Waals surface area (Å²) in [7, 11) is 1.65. The van der Waals surface area contributed by atoms with E-state index in [0.29, 0.717) is 0 Å². The average molecular weight is 344 g/mol. The molecule has 0 aliphatic rings. The summed E-state index contributed by atoms with van der Waals surface area (Å²) in [5.41, 5.74) is 4.74. The van der Waals surface area contributed by atoms with Crippen LogP contribution in [0.15, 0.2) is 73.1 Å². The van der Waals surface area contributed by atoms with Gasteiger partial charge >= 0.3 is 5.97 Å². The lowest BCUT2D eigenvalue weighted by molar-refractivity contribution is 0.0697. The van der Waals surface area contributed by atoms with Gasteiger partial charge in [0.05, 0.1) is 23.7 Å². The molecule has 0 amide bonds. The summed E-state index contributed by atoms with van der Waals surface area (Å²) in [6, 6.07) is 20.8. The molecule has 0 radical (unpaired) electrons. The molecule has 1 heterocycles. The molecule has 0 fully saturated rings. The van der Waals surface area contributed by atoms with Gasteiger partial charge in [0, 0.05) is 5.69 Å².